The third kappa shape index (κ3) is 5.06. The zero-order chi connectivity index (χ0) is 22.5. The van der Waals surface area contributed by atoms with Gasteiger partial charge in [0, 0.05) is 6.07 Å². The molecule has 0 spiro atoms. The van der Waals surface area contributed by atoms with Crippen molar-refractivity contribution in [2.45, 2.75) is 33.3 Å². The Morgan fingerprint density at radius 2 is 1.90 bits per heavy atom. The second-order valence-corrected chi connectivity index (χ2v) is 7.32. The number of carbonyl (C=O) groups excluding carboxylic acids is 3. The van der Waals surface area contributed by atoms with E-state index in [1.807, 2.05) is 20.8 Å². The first kappa shape index (κ1) is 22.4. The van der Waals surface area contributed by atoms with Crippen molar-refractivity contribution in [1.29, 1.82) is 0 Å². The minimum atomic E-state index is -0.823. The Kier molecular flexibility index (Phi) is 6.97. The average molecular weight is 443 g/mol. The number of amides is 4. The number of imide groups is 2. The minimum absolute atomic E-state index is 0.000531. The van der Waals surface area contributed by atoms with Crippen LogP contribution in [0.1, 0.15) is 32.8 Å². The molecule has 2 aromatic carbocycles. The van der Waals surface area contributed by atoms with E-state index in [1.165, 1.54) is 6.08 Å². The average Bonchev–Trinajstić information content (AvgIpc) is 2.73. The van der Waals surface area contributed by atoms with Crippen LogP contribution in [-0.2, 0) is 9.59 Å². The third-order valence-corrected chi connectivity index (χ3v) is 4.95. The predicted octanol–water partition coefficient (Wildman–Crippen LogP) is 4.58. The standard InChI is InChI=1S/C23H23ClN2O5/c1-4-14(3)31-20-10-9-15(12-19(20)24)11-18-21(27)25-23(29)26(22(18)28)16-7-6-8-17(13-16)30-5-2/h6-14H,4-5H2,1-3H3,(H,25,27,29)/b18-11+/t14-/m1/s1. The van der Waals surface area contributed by atoms with Gasteiger partial charge < -0.3 is 9.47 Å². The number of rotatable bonds is 7. The summed E-state index contributed by atoms with van der Waals surface area (Å²) in [5.41, 5.74) is 0.632. The molecule has 7 nitrogen and oxygen atoms in total. The number of halogens is 1. The fourth-order valence-corrected chi connectivity index (χ4v) is 3.17. The number of anilines is 1. The molecule has 2 aromatic rings. The first-order valence-electron chi connectivity index (χ1n) is 9.94. The highest BCUT2D eigenvalue weighted by Crippen LogP contribution is 2.29. The van der Waals surface area contributed by atoms with Crippen molar-refractivity contribution in [1.82, 2.24) is 5.32 Å². The molecule has 1 N–H and O–H groups in total. The van der Waals surface area contributed by atoms with E-state index in [0.717, 1.165) is 11.3 Å². The van der Waals surface area contributed by atoms with E-state index < -0.39 is 17.8 Å². The minimum Gasteiger partial charge on any atom is -0.494 e. The lowest BCUT2D eigenvalue weighted by Crippen LogP contribution is -2.54. The second-order valence-electron chi connectivity index (χ2n) is 6.91. The van der Waals surface area contributed by atoms with Gasteiger partial charge in [-0.1, -0.05) is 30.7 Å². The summed E-state index contributed by atoms with van der Waals surface area (Å²) in [4.78, 5) is 38.7. The molecule has 0 bridgehead atoms. The summed E-state index contributed by atoms with van der Waals surface area (Å²) < 4.78 is 11.2. The van der Waals surface area contributed by atoms with Crippen LogP contribution in [-0.4, -0.2) is 30.6 Å². The molecule has 1 saturated heterocycles. The molecule has 1 heterocycles. The first-order valence-corrected chi connectivity index (χ1v) is 10.3. The van der Waals surface area contributed by atoms with Gasteiger partial charge in [0.15, 0.2) is 0 Å². The van der Waals surface area contributed by atoms with Crippen LogP contribution in [0.4, 0.5) is 10.5 Å². The normalized spacial score (nSPS) is 16.3. The molecular formula is C23H23ClN2O5. The number of urea groups is 1. The summed E-state index contributed by atoms with van der Waals surface area (Å²) in [5, 5.41) is 2.56. The highest BCUT2D eigenvalue weighted by molar-refractivity contribution is 6.39. The highest BCUT2D eigenvalue weighted by Gasteiger charge is 2.37. The fourth-order valence-electron chi connectivity index (χ4n) is 2.94. The second kappa shape index (κ2) is 9.66. The van der Waals surface area contributed by atoms with Crippen LogP contribution in [0.15, 0.2) is 48.0 Å². The van der Waals surface area contributed by atoms with Gasteiger partial charge in [0.1, 0.15) is 17.1 Å². The Balaban J connectivity index is 1.92. The molecule has 0 aliphatic carbocycles. The van der Waals surface area contributed by atoms with Gasteiger partial charge in [-0.2, -0.15) is 0 Å². The van der Waals surface area contributed by atoms with Crippen molar-refractivity contribution in [3.8, 4) is 11.5 Å². The van der Waals surface area contributed by atoms with E-state index in [9.17, 15) is 14.4 Å². The van der Waals surface area contributed by atoms with Crippen molar-refractivity contribution in [2.75, 3.05) is 11.5 Å². The Morgan fingerprint density at radius 1 is 1.13 bits per heavy atom. The van der Waals surface area contributed by atoms with Crippen molar-refractivity contribution in [2.24, 2.45) is 0 Å². The summed E-state index contributed by atoms with van der Waals surface area (Å²) in [5.74, 6) is -0.490. The summed E-state index contributed by atoms with van der Waals surface area (Å²) >= 11 is 6.30. The van der Waals surface area contributed by atoms with Crippen LogP contribution >= 0.6 is 11.6 Å². The Labute approximate surface area is 185 Å². The van der Waals surface area contributed by atoms with Crippen LogP contribution in [0.3, 0.4) is 0 Å². The highest BCUT2D eigenvalue weighted by atomic mass is 35.5. The number of barbiturate groups is 1. The molecule has 4 amide bonds. The Bertz CT molecular complexity index is 1050. The number of nitrogens with zero attached hydrogens (tertiary/aromatic N) is 1. The maximum Gasteiger partial charge on any atom is 0.335 e. The summed E-state index contributed by atoms with van der Waals surface area (Å²) in [7, 11) is 0. The van der Waals surface area contributed by atoms with Crippen LogP contribution in [0, 0.1) is 0 Å². The van der Waals surface area contributed by atoms with E-state index in [4.69, 9.17) is 21.1 Å². The van der Waals surface area contributed by atoms with E-state index in [0.29, 0.717) is 34.4 Å². The van der Waals surface area contributed by atoms with Gasteiger partial charge in [-0.15, -0.1) is 0 Å². The maximum absolute atomic E-state index is 13.0. The molecule has 3 rings (SSSR count). The number of carbonyl (C=O) groups is 3. The summed E-state index contributed by atoms with van der Waals surface area (Å²) in [6, 6.07) is 10.7. The largest absolute Gasteiger partial charge is 0.494 e. The molecule has 1 aliphatic rings. The number of hydrogen-bond acceptors (Lipinski definition) is 5. The van der Waals surface area contributed by atoms with Gasteiger partial charge in [0.05, 0.1) is 23.4 Å². The zero-order valence-electron chi connectivity index (χ0n) is 17.5. The Morgan fingerprint density at radius 3 is 2.58 bits per heavy atom. The lowest BCUT2D eigenvalue weighted by molar-refractivity contribution is -0.122. The first-order chi connectivity index (χ1) is 14.8. The number of ether oxygens (including phenoxy) is 2. The molecule has 31 heavy (non-hydrogen) atoms. The lowest BCUT2D eigenvalue weighted by atomic mass is 10.1. The molecule has 0 saturated carbocycles. The van der Waals surface area contributed by atoms with Crippen LogP contribution in [0.25, 0.3) is 6.08 Å². The van der Waals surface area contributed by atoms with Crippen LogP contribution in [0.2, 0.25) is 5.02 Å². The molecule has 0 radical (unpaired) electrons. The molecular weight excluding hydrogens is 420 g/mol. The zero-order valence-corrected chi connectivity index (χ0v) is 18.2. The van der Waals surface area contributed by atoms with Gasteiger partial charge in [-0.05, 0) is 56.2 Å². The van der Waals surface area contributed by atoms with Gasteiger partial charge in [-0.25, -0.2) is 9.69 Å². The molecule has 1 fully saturated rings. The van der Waals surface area contributed by atoms with Gasteiger partial charge in [-0.3, -0.25) is 14.9 Å². The summed E-state index contributed by atoms with van der Waals surface area (Å²) in [6.45, 7) is 6.20. The Hall–Kier alpha value is -3.32. The maximum atomic E-state index is 13.0. The van der Waals surface area contributed by atoms with Gasteiger partial charge in [0.25, 0.3) is 11.8 Å². The van der Waals surface area contributed by atoms with Crippen LogP contribution in [0.5, 0.6) is 11.5 Å². The van der Waals surface area contributed by atoms with Crippen molar-refractivity contribution < 1.29 is 23.9 Å². The number of hydrogen-bond donors (Lipinski definition) is 1. The fraction of sp³-hybridized carbons (Fsp3) is 0.261. The quantitative estimate of drug-likeness (QED) is 0.501. The molecule has 1 aliphatic heterocycles. The van der Waals surface area contributed by atoms with Crippen molar-refractivity contribution >= 4 is 41.2 Å². The number of benzene rings is 2. The molecule has 162 valence electrons. The predicted molar refractivity (Wildman–Crippen MR) is 118 cm³/mol. The topological polar surface area (TPSA) is 84.9 Å². The smallest absolute Gasteiger partial charge is 0.335 e. The third-order valence-electron chi connectivity index (χ3n) is 4.66. The van der Waals surface area contributed by atoms with Gasteiger partial charge in [0.2, 0.25) is 0 Å². The monoisotopic (exact) mass is 442 g/mol. The molecule has 0 aromatic heterocycles. The number of nitrogens with one attached hydrogen (secondary N) is 1. The van der Waals surface area contributed by atoms with E-state index in [1.54, 1.807) is 42.5 Å². The van der Waals surface area contributed by atoms with Crippen molar-refractivity contribution in [3.05, 3.63) is 58.6 Å². The van der Waals surface area contributed by atoms with E-state index in [2.05, 4.69) is 5.32 Å². The lowest BCUT2D eigenvalue weighted by Gasteiger charge is -2.26. The van der Waals surface area contributed by atoms with Crippen LogP contribution < -0.4 is 19.7 Å². The van der Waals surface area contributed by atoms with Crippen molar-refractivity contribution in [3.63, 3.8) is 0 Å². The molecule has 0 unspecified atom stereocenters. The van der Waals surface area contributed by atoms with E-state index >= 15 is 0 Å². The molecule has 1 atom stereocenters. The molecule has 8 heteroatoms. The summed E-state index contributed by atoms with van der Waals surface area (Å²) in [6.07, 6.45) is 2.22. The SMILES string of the molecule is CCOc1cccc(N2C(=O)NC(=O)/C(=C\c3ccc(O[C@H](C)CC)c(Cl)c3)C2=O)c1. The van der Waals surface area contributed by atoms with Gasteiger partial charge >= 0.3 is 6.03 Å². The van der Waals surface area contributed by atoms with E-state index in [-0.39, 0.29) is 11.7 Å².